The second-order valence-electron chi connectivity index (χ2n) is 6.52. The summed E-state index contributed by atoms with van der Waals surface area (Å²) in [5, 5.41) is 14.4. The number of fused-ring (bicyclic) bond motifs is 1. The Labute approximate surface area is 175 Å². The molecule has 0 aliphatic heterocycles. The summed E-state index contributed by atoms with van der Waals surface area (Å²) in [5.74, 6) is 0. The van der Waals surface area contributed by atoms with E-state index in [1.165, 1.54) is 30.5 Å². The molecule has 3 rings (SSSR count). The molecule has 2 N–H and O–H groups in total. The number of hydrogen-bond acceptors (Lipinski definition) is 6. The standard InChI is InChI=1S/C19H17F3N4O4S/c20-19(21,22)13-5-6-16-17(7-10-24-18(16)11-13)23-8-2-9-25-31(29,30)15-4-1-3-14(12-15)26(27)28/h1,3-7,10-12,25H,2,8-9H2,(H,23,24). The fraction of sp³-hybridized carbons (Fsp3) is 0.211. The van der Waals surface area contributed by atoms with E-state index >= 15 is 0 Å². The molecule has 0 saturated carbocycles. The predicted octanol–water partition coefficient (Wildman–Crippen LogP) is 3.94. The topological polar surface area (TPSA) is 114 Å². The molecule has 0 unspecified atom stereocenters. The quantitative estimate of drug-likeness (QED) is 0.303. The van der Waals surface area contributed by atoms with E-state index in [1.54, 1.807) is 6.07 Å². The van der Waals surface area contributed by atoms with Crippen molar-refractivity contribution in [2.24, 2.45) is 0 Å². The summed E-state index contributed by atoms with van der Waals surface area (Å²) in [6.45, 7) is 0.386. The Bertz CT molecular complexity index is 1220. The summed E-state index contributed by atoms with van der Waals surface area (Å²) in [7, 11) is -3.91. The number of benzene rings is 2. The second kappa shape index (κ2) is 8.86. The summed E-state index contributed by atoms with van der Waals surface area (Å²) in [6.07, 6.45) is -2.72. The molecule has 2 aromatic carbocycles. The molecular formula is C19H17F3N4O4S. The maximum absolute atomic E-state index is 12.9. The number of hydrogen-bond donors (Lipinski definition) is 2. The fourth-order valence-electron chi connectivity index (χ4n) is 2.84. The van der Waals surface area contributed by atoms with Gasteiger partial charge in [-0.15, -0.1) is 0 Å². The Kier molecular flexibility index (Phi) is 6.41. The number of nitrogens with one attached hydrogen (secondary N) is 2. The average Bonchev–Trinajstić information content (AvgIpc) is 2.72. The van der Waals surface area contributed by atoms with E-state index in [1.807, 2.05) is 0 Å². The van der Waals surface area contributed by atoms with Crippen LogP contribution in [0.3, 0.4) is 0 Å². The lowest BCUT2D eigenvalue weighted by atomic mass is 10.1. The molecule has 0 aliphatic carbocycles. The highest BCUT2D eigenvalue weighted by Gasteiger charge is 2.30. The third-order valence-electron chi connectivity index (χ3n) is 4.37. The van der Waals surface area contributed by atoms with Gasteiger partial charge in [-0.05, 0) is 30.7 Å². The Morgan fingerprint density at radius 2 is 1.84 bits per heavy atom. The molecule has 164 valence electrons. The number of rotatable bonds is 8. The number of nitro groups is 1. The molecule has 0 aliphatic rings. The Balaban J connectivity index is 1.59. The van der Waals surface area contributed by atoms with Crippen molar-refractivity contribution in [1.82, 2.24) is 9.71 Å². The number of nitrogens with zero attached hydrogens (tertiary/aromatic N) is 2. The molecule has 3 aromatic rings. The summed E-state index contributed by atoms with van der Waals surface area (Å²) in [6, 6.07) is 9.59. The van der Waals surface area contributed by atoms with Crippen molar-refractivity contribution in [1.29, 1.82) is 0 Å². The van der Waals surface area contributed by atoms with Crippen LogP contribution in [0.15, 0.2) is 59.6 Å². The van der Waals surface area contributed by atoms with Crippen LogP contribution in [0.5, 0.6) is 0 Å². The number of aromatic nitrogens is 1. The minimum absolute atomic E-state index is 0.0548. The Hall–Kier alpha value is -3.25. The van der Waals surface area contributed by atoms with Gasteiger partial charge in [0.05, 0.1) is 20.9 Å². The molecule has 0 fully saturated rings. The van der Waals surface area contributed by atoms with E-state index in [4.69, 9.17) is 0 Å². The minimum atomic E-state index is -4.46. The van der Waals surface area contributed by atoms with Gasteiger partial charge in [0.25, 0.3) is 5.69 Å². The van der Waals surface area contributed by atoms with E-state index in [-0.39, 0.29) is 22.6 Å². The number of sulfonamides is 1. The minimum Gasteiger partial charge on any atom is -0.384 e. The predicted molar refractivity (Wildman–Crippen MR) is 108 cm³/mol. The average molecular weight is 454 g/mol. The first-order chi connectivity index (χ1) is 14.6. The van der Waals surface area contributed by atoms with Gasteiger partial charge < -0.3 is 5.32 Å². The summed E-state index contributed by atoms with van der Waals surface area (Å²) in [4.78, 5) is 13.9. The third kappa shape index (κ3) is 5.47. The summed E-state index contributed by atoms with van der Waals surface area (Å²) >= 11 is 0. The number of nitro benzene ring substituents is 1. The zero-order valence-corrected chi connectivity index (χ0v) is 16.7. The van der Waals surface area contributed by atoms with Gasteiger partial charge in [-0.1, -0.05) is 12.1 Å². The van der Waals surface area contributed by atoms with Crippen molar-refractivity contribution in [3.05, 3.63) is 70.4 Å². The molecule has 0 radical (unpaired) electrons. The summed E-state index contributed by atoms with van der Waals surface area (Å²) < 4.78 is 65.5. The van der Waals surface area contributed by atoms with Crippen LogP contribution in [0.2, 0.25) is 0 Å². The van der Waals surface area contributed by atoms with Crippen LogP contribution in [0.1, 0.15) is 12.0 Å². The monoisotopic (exact) mass is 454 g/mol. The lowest BCUT2D eigenvalue weighted by Crippen LogP contribution is -2.26. The van der Waals surface area contributed by atoms with Crippen LogP contribution in [0.4, 0.5) is 24.5 Å². The fourth-order valence-corrected chi connectivity index (χ4v) is 3.96. The third-order valence-corrected chi connectivity index (χ3v) is 5.83. The van der Waals surface area contributed by atoms with Crippen molar-refractivity contribution >= 4 is 32.3 Å². The van der Waals surface area contributed by atoms with Crippen molar-refractivity contribution in [3.8, 4) is 0 Å². The van der Waals surface area contributed by atoms with Crippen molar-refractivity contribution in [2.45, 2.75) is 17.5 Å². The van der Waals surface area contributed by atoms with Gasteiger partial charge in [-0.2, -0.15) is 13.2 Å². The molecule has 0 bridgehead atoms. The van der Waals surface area contributed by atoms with Crippen LogP contribution >= 0.6 is 0 Å². The van der Waals surface area contributed by atoms with E-state index in [0.29, 0.717) is 24.0 Å². The van der Waals surface area contributed by atoms with Gasteiger partial charge >= 0.3 is 6.18 Å². The second-order valence-corrected chi connectivity index (χ2v) is 8.29. The molecule has 8 nitrogen and oxygen atoms in total. The molecule has 1 aromatic heterocycles. The smallest absolute Gasteiger partial charge is 0.384 e. The normalized spacial score (nSPS) is 12.1. The number of anilines is 1. The summed E-state index contributed by atoms with van der Waals surface area (Å²) in [5.41, 5.74) is -0.366. The van der Waals surface area contributed by atoms with Crippen LogP contribution in [0, 0.1) is 10.1 Å². The van der Waals surface area contributed by atoms with Gasteiger partial charge in [-0.3, -0.25) is 15.1 Å². The first kappa shape index (κ1) is 22.4. The lowest BCUT2D eigenvalue weighted by molar-refractivity contribution is -0.385. The SMILES string of the molecule is O=[N+]([O-])c1cccc(S(=O)(=O)NCCCNc2ccnc3cc(C(F)(F)F)ccc23)c1. The molecule has 0 saturated heterocycles. The molecule has 12 heteroatoms. The van der Waals surface area contributed by atoms with Gasteiger partial charge in [0.15, 0.2) is 0 Å². The van der Waals surface area contributed by atoms with Crippen molar-refractivity contribution in [3.63, 3.8) is 0 Å². The van der Waals surface area contributed by atoms with E-state index in [0.717, 1.165) is 18.2 Å². The Morgan fingerprint density at radius 1 is 1.06 bits per heavy atom. The van der Waals surface area contributed by atoms with Crippen LogP contribution in [0.25, 0.3) is 10.9 Å². The van der Waals surface area contributed by atoms with Crippen LogP contribution in [-0.4, -0.2) is 31.4 Å². The first-order valence-corrected chi connectivity index (χ1v) is 10.5. The van der Waals surface area contributed by atoms with Gasteiger partial charge in [0.2, 0.25) is 10.0 Å². The Morgan fingerprint density at radius 3 is 2.55 bits per heavy atom. The maximum atomic E-state index is 12.9. The lowest BCUT2D eigenvalue weighted by Gasteiger charge is -2.12. The highest BCUT2D eigenvalue weighted by atomic mass is 32.2. The molecule has 1 heterocycles. The largest absolute Gasteiger partial charge is 0.416 e. The van der Waals surface area contributed by atoms with Crippen molar-refractivity contribution < 1.29 is 26.5 Å². The van der Waals surface area contributed by atoms with E-state index < -0.39 is 26.7 Å². The number of halogens is 3. The molecular weight excluding hydrogens is 437 g/mol. The van der Waals surface area contributed by atoms with Crippen LogP contribution < -0.4 is 10.0 Å². The van der Waals surface area contributed by atoms with E-state index in [9.17, 15) is 31.7 Å². The maximum Gasteiger partial charge on any atom is 0.416 e. The number of pyridine rings is 1. The van der Waals surface area contributed by atoms with Gasteiger partial charge in [-0.25, -0.2) is 13.1 Å². The highest BCUT2D eigenvalue weighted by molar-refractivity contribution is 7.89. The molecule has 31 heavy (non-hydrogen) atoms. The zero-order valence-electron chi connectivity index (χ0n) is 15.9. The molecule has 0 atom stereocenters. The number of non-ortho nitro benzene ring substituents is 1. The van der Waals surface area contributed by atoms with Crippen LogP contribution in [-0.2, 0) is 16.2 Å². The molecule has 0 spiro atoms. The molecule has 0 amide bonds. The zero-order chi connectivity index (χ0) is 22.6. The van der Waals surface area contributed by atoms with Gasteiger partial charge in [0, 0.05) is 42.5 Å². The van der Waals surface area contributed by atoms with Crippen molar-refractivity contribution in [2.75, 3.05) is 18.4 Å². The highest BCUT2D eigenvalue weighted by Crippen LogP contribution is 2.32. The first-order valence-electron chi connectivity index (χ1n) is 9.02. The van der Waals surface area contributed by atoms with Gasteiger partial charge in [0.1, 0.15) is 0 Å². The van der Waals surface area contributed by atoms with E-state index in [2.05, 4.69) is 15.0 Å². The number of alkyl halides is 3.